The van der Waals surface area contributed by atoms with Gasteiger partial charge in [0, 0.05) is 26.9 Å². The van der Waals surface area contributed by atoms with Crippen molar-refractivity contribution in [3.8, 4) is 0 Å². The molecular formula is C13H19F2O3Si. The highest BCUT2D eigenvalue weighted by atomic mass is 28.3. The van der Waals surface area contributed by atoms with Crippen molar-refractivity contribution in [2.75, 3.05) is 20.8 Å². The van der Waals surface area contributed by atoms with Crippen LogP contribution in [-0.2, 0) is 19.7 Å². The van der Waals surface area contributed by atoms with Gasteiger partial charge in [0.05, 0.1) is 0 Å². The van der Waals surface area contributed by atoms with Crippen molar-refractivity contribution >= 4 is 9.53 Å². The number of hydrogen-bond donors (Lipinski definition) is 0. The average Bonchev–Trinajstić information content (AvgIpc) is 2.40. The SMILES string of the molecule is CO[Si](OC)OCCCCCc1ccc(F)cc1F. The van der Waals surface area contributed by atoms with Crippen LogP contribution in [0, 0.1) is 11.6 Å². The molecule has 0 spiro atoms. The summed E-state index contributed by atoms with van der Waals surface area (Å²) in [7, 11) is 1.53. The maximum atomic E-state index is 13.3. The molecule has 0 atom stereocenters. The Morgan fingerprint density at radius 1 is 1.05 bits per heavy atom. The van der Waals surface area contributed by atoms with Crippen molar-refractivity contribution in [1.82, 2.24) is 0 Å². The molecule has 0 saturated carbocycles. The summed E-state index contributed by atoms with van der Waals surface area (Å²) in [6.45, 7) is 0.571. The van der Waals surface area contributed by atoms with Crippen molar-refractivity contribution < 1.29 is 22.1 Å². The molecular weight excluding hydrogens is 270 g/mol. The Morgan fingerprint density at radius 3 is 2.42 bits per heavy atom. The molecule has 0 bridgehead atoms. The molecule has 1 rings (SSSR count). The molecule has 0 unspecified atom stereocenters. The standard InChI is InChI=1S/C13H19F2O3Si/c1-16-19(17-2)18-9-5-3-4-6-11-7-8-12(14)10-13(11)15/h7-8,10H,3-6,9H2,1-2H3. The second-order valence-electron chi connectivity index (χ2n) is 4.05. The molecule has 0 aliphatic heterocycles. The van der Waals surface area contributed by atoms with Gasteiger partial charge in [-0.2, -0.15) is 0 Å². The second kappa shape index (κ2) is 9.14. The van der Waals surface area contributed by atoms with Crippen LogP contribution in [0.1, 0.15) is 24.8 Å². The molecule has 1 radical (unpaired) electrons. The van der Waals surface area contributed by atoms with Crippen LogP contribution in [0.4, 0.5) is 8.78 Å². The molecule has 0 heterocycles. The van der Waals surface area contributed by atoms with E-state index < -0.39 is 21.2 Å². The predicted molar refractivity (Wildman–Crippen MR) is 69.6 cm³/mol. The van der Waals surface area contributed by atoms with Crippen LogP contribution in [0.15, 0.2) is 18.2 Å². The van der Waals surface area contributed by atoms with E-state index in [2.05, 4.69) is 0 Å². The van der Waals surface area contributed by atoms with Gasteiger partial charge >= 0.3 is 9.53 Å². The van der Waals surface area contributed by atoms with E-state index in [1.165, 1.54) is 12.1 Å². The number of halogens is 2. The van der Waals surface area contributed by atoms with Gasteiger partial charge in [0.15, 0.2) is 0 Å². The fourth-order valence-corrected chi connectivity index (χ4v) is 2.39. The molecule has 0 amide bonds. The zero-order valence-electron chi connectivity index (χ0n) is 11.2. The highest BCUT2D eigenvalue weighted by molar-refractivity contribution is 6.36. The molecule has 0 fully saturated rings. The van der Waals surface area contributed by atoms with Gasteiger partial charge in [0.25, 0.3) is 0 Å². The molecule has 0 aliphatic rings. The summed E-state index contributed by atoms with van der Waals surface area (Å²) < 4.78 is 41.3. The third-order valence-electron chi connectivity index (χ3n) is 2.66. The molecule has 1 aromatic carbocycles. The molecule has 0 saturated heterocycles. The Balaban J connectivity index is 2.14. The summed E-state index contributed by atoms with van der Waals surface area (Å²) in [5.41, 5.74) is 0.556. The summed E-state index contributed by atoms with van der Waals surface area (Å²) in [5.74, 6) is -1.01. The minimum Gasteiger partial charge on any atom is -0.375 e. The topological polar surface area (TPSA) is 27.7 Å². The van der Waals surface area contributed by atoms with E-state index in [4.69, 9.17) is 13.3 Å². The van der Waals surface area contributed by atoms with E-state index >= 15 is 0 Å². The van der Waals surface area contributed by atoms with Gasteiger partial charge in [-0.3, -0.25) is 0 Å². The molecule has 3 nitrogen and oxygen atoms in total. The summed E-state index contributed by atoms with van der Waals surface area (Å²) in [6, 6.07) is 3.70. The van der Waals surface area contributed by atoms with E-state index in [9.17, 15) is 8.78 Å². The van der Waals surface area contributed by atoms with Crippen molar-refractivity contribution in [3.63, 3.8) is 0 Å². The first-order valence-corrected chi connectivity index (χ1v) is 7.41. The highest BCUT2D eigenvalue weighted by Gasteiger charge is 2.13. The van der Waals surface area contributed by atoms with Crippen molar-refractivity contribution in [3.05, 3.63) is 35.4 Å². The lowest BCUT2D eigenvalue weighted by Gasteiger charge is -2.09. The van der Waals surface area contributed by atoms with E-state index in [0.717, 1.165) is 25.3 Å². The molecule has 0 N–H and O–H groups in total. The van der Waals surface area contributed by atoms with Crippen LogP contribution in [0.25, 0.3) is 0 Å². The number of hydrogen-bond acceptors (Lipinski definition) is 3. The fraction of sp³-hybridized carbons (Fsp3) is 0.538. The van der Waals surface area contributed by atoms with Crippen LogP contribution in [0.3, 0.4) is 0 Å². The minimum absolute atomic E-state index is 0.472. The van der Waals surface area contributed by atoms with E-state index in [-0.39, 0.29) is 0 Å². The first-order chi connectivity index (χ1) is 9.17. The van der Waals surface area contributed by atoms with Gasteiger partial charge in [-0.15, -0.1) is 0 Å². The average molecular weight is 289 g/mol. The van der Waals surface area contributed by atoms with Crippen LogP contribution in [0.5, 0.6) is 0 Å². The normalized spacial score (nSPS) is 11.2. The monoisotopic (exact) mass is 289 g/mol. The zero-order chi connectivity index (χ0) is 14.1. The molecule has 0 aromatic heterocycles. The van der Waals surface area contributed by atoms with Crippen LogP contribution >= 0.6 is 0 Å². The third kappa shape index (κ3) is 6.24. The first kappa shape index (κ1) is 16.2. The van der Waals surface area contributed by atoms with Gasteiger partial charge < -0.3 is 13.3 Å². The van der Waals surface area contributed by atoms with Gasteiger partial charge in [0.2, 0.25) is 0 Å². The molecule has 6 heteroatoms. The Morgan fingerprint density at radius 2 is 1.79 bits per heavy atom. The number of aryl methyl sites for hydroxylation is 1. The molecule has 107 valence electrons. The Kier molecular flexibility index (Phi) is 7.81. The highest BCUT2D eigenvalue weighted by Crippen LogP contribution is 2.13. The molecule has 0 aliphatic carbocycles. The van der Waals surface area contributed by atoms with Crippen LogP contribution < -0.4 is 0 Å². The van der Waals surface area contributed by atoms with Crippen molar-refractivity contribution in [1.29, 1.82) is 0 Å². The van der Waals surface area contributed by atoms with Gasteiger partial charge in [-0.1, -0.05) is 12.5 Å². The smallest absolute Gasteiger partial charge is 0.375 e. The maximum absolute atomic E-state index is 13.3. The van der Waals surface area contributed by atoms with E-state index in [1.807, 2.05) is 0 Å². The number of unbranched alkanes of at least 4 members (excludes halogenated alkanes) is 2. The lowest BCUT2D eigenvalue weighted by atomic mass is 10.1. The van der Waals surface area contributed by atoms with Gasteiger partial charge in [-0.05, 0) is 30.9 Å². The lowest BCUT2D eigenvalue weighted by molar-refractivity contribution is 0.133. The Bertz CT molecular complexity index is 373. The van der Waals surface area contributed by atoms with E-state index in [1.54, 1.807) is 14.2 Å². The molecule has 19 heavy (non-hydrogen) atoms. The second-order valence-corrected chi connectivity index (χ2v) is 5.66. The Labute approximate surface area is 114 Å². The van der Waals surface area contributed by atoms with Crippen molar-refractivity contribution in [2.45, 2.75) is 25.7 Å². The predicted octanol–water partition coefficient (Wildman–Crippen LogP) is 2.97. The summed E-state index contributed by atoms with van der Waals surface area (Å²) >= 11 is 0. The fourth-order valence-electron chi connectivity index (χ4n) is 1.68. The van der Waals surface area contributed by atoms with Crippen molar-refractivity contribution in [2.24, 2.45) is 0 Å². The number of rotatable bonds is 9. The summed E-state index contributed by atoms with van der Waals surface area (Å²) in [4.78, 5) is 0. The van der Waals surface area contributed by atoms with Gasteiger partial charge in [0.1, 0.15) is 11.6 Å². The lowest BCUT2D eigenvalue weighted by Crippen LogP contribution is -2.24. The van der Waals surface area contributed by atoms with E-state index in [0.29, 0.717) is 18.6 Å². The Hall–Kier alpha value is -0.823. The summed E-state index contributed by atoms with van der Waals surface area (Å²) in [6.07, 6.45) is 3.23. The maximum Gasteiger partial charge on any atom is 0.577 e. The van der Waals surface area contributed by atoms with Gasteiger partial charge in [-0.25, -0.2) is 8.78 Å². The largest absolute Gasteiger partial charge is 0.577 e. The zero-order valence-corrected chi connectivity index (χ0v) is 12.2. The summed E-state index contributed by atoms with van der Waals surface area (Å²) in [5, 5.41) is 0. The number of benzene rings is 1. The first-order valence-electron chi connectivity index (χ1n) is 6.19. The minimum atomic E-state index is -1.58. The van der Waals surface area contributed by atoms with Crippen LogP contribution in [-0.4, -0.2) is 30.4 Å². The third-order valence-corrected chi connectivity index (χ3v) is 3.77. The quantitative estimate of drug-likeness (QED) is 0.517. The molecule has 1 aromatic rings. The van der Waals surface area contributed by atoms with Crippen LogP contribution in [0.2, 0.25) is 0 Å².